The first-order chi connectivity index (χ1) is 10.8. The molecule has 0 radical (unpaired) electrons. The minimum atomic E-state index is 0.783. The van der Waals surface area contributed by atoms with Crippen molar-refractivity contribution < 1.29 is 0 Å². The van der Waals surface area contributed by atoms with E-state index in [0.717, 1.165) is 18.0 Å². The van der Waals surface area contributed by atoms with E-state index in [-0.39, 0.29) is 0 Å². The second kappa shape index (κ2) is 6.87. The molecular formula is C20H26N2. The van der Waals surface area contributed by atoms with E-state index in [9.17, 15) is 0 Å². The monoisotopic (exact) mass is 294 g/mol. The Morgan fingerprint density at radius 1 is 0.864 bits per heavy atom. The minimum Gasteiger partial charge on any atom is -0.352 e. The molecule has 0 amide bonds. The lowest BCUT2D eigenvalue weighted by molar-refractivity contribution is 0.449. The van der Waals surface area contributed by atoms with E-state index in [1.165, 1.54) is 48.3 Å². The highest BCUT2D eigenvalue weighted by Crippen LogP contribution is 2.41. The normalized spacial score (nSPS) is 13.5. The Hall–Kier alpha value is -1.96. The lowest BCUT2D eigenvalue weighted by Gasteiger charge is -2.26. The van der Waals surface area contributed by atoms with Crippen molar-refractivity contribution in [3.05, 3.63) is 48.0 Å². The van der Waals surface area contributed by atoms with Crippen LogP contribution in [0.25, 0.3) is 0 Å². The predicted octanol–water partition coefficient (Wildman–Crippen LogP) is 6.25. The number of anilines is 4. The van der Waals surface area contributed by atoms with Gasteiger partial charge in [0.2, 0.25) is 0 Å². The molecule has 0 aliphatic carbocycles. The van der Waals surface area contributed by atoms with E-state index in [4.69, 9.17) is 0 Å². The summed E-state index contributed by atoms with van der Waals surface area (Å²) in [5.74, 6) is 0.783. The molecule has 116 valence electrons. The molecule has 1 aliphatic heterocycles. The van der Waals surface area contributed by atoms with Crippen LogP contribution in [0, 0.1) is 5.92 Å². The minimum absolute atomic E-state index is 0.783. The van der Waals surface area contributed by atoms with Crippen molar-refractivity contribution >= 4 is 22.7 Å². The van der Waals surface area contributed by atoms with Crippen LogP contribution in [0.1, 0.15) is 45.1 Å². The van der Waals surface area contributed by atoms with Gasteiger partial charge in [-0.25, -0.2) is 0 Å². The van der Waals surface area contributed by atoms with Gasteiger partial charge >= 0.3 is 0 Å². The second-order valence-electron chi connectivity index (χ2n) is 6.26. The number of unbranched alkanes of at least 4 members (excludes halogenated alkanes) is 1. The number of para-hydroxylation sites is 3. The first kappa shape index (κ1) is 15.0. The molecule has 0 spiro atoms. The zero-order valence-corrected chi connectivity index (χ0v) is 13.7. The summed E-state index contributed by atoms with van der Waals surface area (Å²) in [6.45, 7) is 4.59. The summed E-state index contributed by atoms with van der Waals surface area (Å²) in [7, 11) is 0. The summed E-state index contributed by atoms with van der Waals surface area (Å²) in [6.07, 6.45) is 6.38. The van der Waals surface area contributed by atoms with Crippen LogP contribution in [0.5, 0.6) is 0 Å². The van der Waals surface area contributed by atoms with Crippen LogP contribution < -0.4 is 10.6 Å². The number of hydrogen-bond acceptors (Lipinski definition) is 2. The number of nitrogens with one attached hydrogen (secondary N) is 2. The first-order valence-corrected chi connectivity index (χ1v) is 8.56. The van der Waals surface area contributed by atoms with Gasteiger partial charge in [0.05, 0.1) is 22.7 Å². The molecule has 2 N–H and O–H groups in total. The van der Waals surface area contributed by atoms with Crippen LogP contribution in [0.3, 0.4) is 0 Å². The summed E-state index contributed by atoms with van der Waals surface area (Å²) in [6, 6.07) is 15.0. The van der Waals surface area contributed by atoms with Crippen molar-refractivity contribution in [2.75, 3.05) is 10.6 Å². The van der Waals surface area contributed by atoms with Gasteiger partial charge in [-0.05, 0) is 36.1 Å². The van der Waals surface area contributed by atoms with Gasteiger partial charge in [-0.3, -0.25) is 0 Å². The third-order valence-electron chi connectivity index (χ3n) is 4.66. The van der Waals surface area contributed by atoms with E-state index < -0.39 is 0 Å². The summed E-state index contributed by atoms with van der Waals surface area (Å²) in [5, 5.41) is 7.18. The van der Waals surface area contributed by atoms with Crippen LogP contribution in [0.2, 0.25) is 0 Å². The molecule has 1 aliphatic rings. The van der Waals surface area contributed by atoms with Crippen molar-refractivity contribution in [3.63, 3.8) is 0 Å². The van der Waals surface area contributed by atoms with Gasteiger partial charge < -0.3 is 10.6 Å². The van der Waals surface area contributed by atoms with Crippen molar-refractivity contribution in [1.29, 1.82) is 0 Å². The highest BCUT2D eigenvalue weighted by Gasteiger charge is 2.18. The molecule has 1 atom stereocenters. The van der Waals surface area contributed by atoms with Crippen LogP contribution in [-0.2, 0) is 6.42 Å². The smallest absolute Gasteiger partial charge is 0.0656 e. The van der Waals surface area contributed by atoms with Crippen LogP contribution in [0.4, 0.5) is 22.7 Å². The highest BCUT2D eigenvalue weighted by molar-refractivity contribution is 5.91. The topological polar surface area (TPSA) is 24.1 Å². The Kier molecular flexibility index (Phi) is 4.67. The maximum Gasteiger partial charge on any atom is 0.0656 e. The van der Waals surface area contributed by atoms with E-state index in [1.807, 2.05) is 0 Å². The summed E-state index contributed by atoms with van der Waals surface area (Å²) in [4.78, 5) is 0. The van der Waals surface area contributed by atoms with Crippen molar-refractivity contribution in [2.24, 2.45) is 5.92 Å². The van der Waals surface area contributed by atoms with Crippen LogP contribution in [0.15, 0.2) is 42.5 Å². The maximum absolute atomic E-state index is 3.63. The molecule has 2 heteroatoms. The van der Waals surface area contributed by atoms with E-state index >= 15 is 0 Å². The van der Waals surface area contributed by atoms with Crippen LogP contribution >= 0.6 is 0 Å². The molecule has 0 saturated carbocycles. The lowest BCUT2D eigenvalue weighted by Crippen LogP contribution is -2.11. The fourth-order valence-electron chi connectivity index (χ4n) is 3.26. The standard InChI is InChI=1S/C20H26N2/c1-3-5-9-15(4-2)14-16-10-8-13-19-20(16)22-18-12-7-6-11-17(18)21-19/h6-8,10-13,15,21-22H,3-5,9,14H2,1-2H3. The largest absolute Gasteiger partial charge is 0.352 e. The molecule has 0 saturated heterocycles. The van der Waals surface area contributed by atoms with Gasteiger partial charge in [0.1, 0.15) is 0 Å². The molecule has 2 aromatic rings. The van der Waals surface area contributed by atoms with E-state index in [2.05, 4.69) is 66.9 Å². The number of rotatable bonds is 6. The number of hydrogen-bond donors (Lipinski definition) is 2. The summed E-state index contributed by atoms with van der Waals surface area (Å²) < 4.78 is 0. The van der Waals surface area contributed by atoms with E-state index in [0.29, 0.717) is 0 Å². The molecule has 2 aromatic carbocycles. The molecule has 3 rings (SSSR count). The molecule has 2 nitrogen and oxygen atoms in total. The van der Waals surface area contributed by atoms with Crippen molar-refractivity contribution in [2.45, 2.75) is 46.0 Å². The Morgan fingerprint density at radius 2 is 1.59 bits per heavy atom. The second-order valence-corrected chi connectivity index (χ2v) is 6.26. The fraction of sp³-hybridized carbons (Fsp3) is 0.400. The third kappa shape index (κ3) is 3.11. The fourth-order valence-corrected chi connectivity index (χ4v) is 3.26. The average molecular weight is 294 g/mol. The van der Waals surface area contributed by atoms with E-state index in [1.54, 1.807) is 0 Å². The number of benzene rings is 2. The molecule has 0 aromatic heterocycles. The Morgan fingerprint density at radius 3 is 2.32 bits per heavy atom. The molecule has 0 bridgehead atoms. The Balaban J connectivity index is 1.83. The third-order valence-corrected chi connectivity index (χ3v) is 4.66. The molecule has 0 fully saturated rings. The first-order valence-electron chi connectivity index (χ1n) is 8.56. The quantitative estimate of drug-likeness (QED) is 0.561. The molecular weight excluding hydrogens is 268 g/mol. The zero-order valence-electron chi connectivity index (χ0n) is 13.7. The summed E-state index contributed by atoms with van der Waals surface area (Å²) >= 11 is 0. The zero-order chi connectivity index (χ0) is 15.4. The van der Waals surface area contributed by atoms with Gasteiger partial charge in [-0.15, -0.1) is 0 Å². The summed E-state index contributed by atoms with van der Waals surface area (Å²) in [5.41, 5.74) is 6.22. The molecule has 22 heavy (non-hydrogen) atoms. The number of fused-ring (bicyclic) bond motifs is 2. The van der Waals surface area contributed by atoms with Gasteiger partial charge in [-0.2, -0.15) is 0 Å². The molecule has 1 heterocycles. The van der Waals surface area contributed by atoms with Crippen molar-refractivity contribution in [1.82, 2.24) is 0 Å². The average Bonchev–Trinajstić information content (AvgIpc) is 2.57. The maximum atomic E-state index is 3.63. The van der Waals surface area contributed by atoms with Gasteiger partial charge in [0.15, 0.2) is 0 Å². The Bertz CT molecular complexity index is 633. The van der Waals surface area contributed by atoms with Crippen LogP contribution in [-0.4, -0.2) is 0 Å². The van der Waals surface area contributed by atoms with Gasteiger partial charge in [-0.1, -0.05) is 63.8 Å². The molecule has 1 unspecified atom stereocenters. The SMILES string of the molecule is CCCCC(CC)Cc1cccc2c1Nc1ccccc1N2. The predicted molar refractivity (Wildman–Crippen MR) is 96.5 cm³/mol. The van der Waals surface area contributed by atoms with Crippen molar-refractivity contribution in [3.8, 4) is 0 Å². The Labute approximate surface area is 134 Å². The lowest BCUT2D eigenvalue weighted by atomic mass is 9.90. The van der Waals surface area contributed by atoms with Gasteiger partial charge in [0.25, 0.3) is 0 Å². The van der Waals surface area contributed by atoms with Gasteiger partial charge in [0, 0.05) is 0 Å². The highest BCUT2D eigenvalue weighted by atomic mass is 15.0.